The van der Waals surface area contributed by atoms with Crippen molar-refractivity contribution in [3.05, 3.63) is 58.1 Å². The lowest BCUT2D eigenvalue weighted by Gasteiger charge is -2.14. The summed E-state index contributed by atoms with van der Waals surface area (Å²) in [5.41, 5.74) is -1.28. The van der Waals surface area contributed by atoms with Crippen LogP contribution in [0.15, 0.2) is 42.5 Å². The average Bonchev–Trinajstić information content (AvgIpc) is 2.48. The standard InChI is InChI=1S/C15H10Cl2F3NO2/c16-10-5-3-7-12(14(10)17)23-8-13(22)21-11-6-2-1-4-9(11)15(18,19)20/h1-7H,8H2,(H,21,22). The van der Waals surface area contributed by atoms with Gasteiger partial charge in [0.15, 0.2) is 6.61 Å². The van der Waals surface area contributed by atoms with E-state index in [-0.39, 0.29) is 21.5 Å². The minimum atomic E-state index is -4.57. The Labute approximate surface area is 140 Å². The third kappa shape index (κ3) is 4.53. The lowest BCUT2D eigenvalue weighted by molar-refractivity contribution is -0.137. The Morgan fingerprint density at radius 3 is 2.48 bits per heavy atom. The molecule has 0 saturated heterocycles. The van der Waals surface area contributed by atoms with Crippen LogP contribution >= 0.6 is 23.2 Å². The van der Waals surface area contributed by atoms with Gasteiger partial charge in [0.1, 0.15) is 10.8 Å². The Hall–Kier alpha value is -1.92. The van der Waals surface area contributed by atoms with E-state index in [2.05, 4.69) is 5.32 Å². The van der Waals surface area contributed by atoms with Gasteiger partial charge < -0.3 is 10.1 Å². The topological polar surface area (TPSA) is 38.3 Å². The quantitative estimate of drug-likeness (QED) is 0.827. The van der Waals surface area contributed by atoms with Gasteiger partial charge in [-0.3, -0.25) is 4.79 Å². The van der Waals surface area contributed by atoms with E-state index in [4.69, 9.17) is 27.9 Å². The molecule has 2 aromatic carbocycles. The lowest BCUT2D eigenvalue weighted by atomic mass is 10.1. The summed E-state index contributed by atoms with van der Waals surface area (Å²) in [6.07, 6.45) is -4.57. The number of benzene rings is 2. The van der Waals surface area contributed by atoms with Crippen molar-refractivity contribution in [2.75, 3.05) is 11.9 Å². The van der Waals surface area contributed by atoms with E-state index < -0.39 is 24.3 Å². The van der Waals surface area contributed by atoms with Crippen molar-refractivity contribution in [3.8, 4) is 5.75 Å². The Morgan fingerprint density at radius 1 is 1.09 bits per heavy atom. The number of nitrogens with one attached hydrogen (secondary N) is 1. The molecule has 0 unspecified atom stereocenters. The first-order valence-electron chi connectivity index (χ1n) is 6.32. The normalized spacial score (nSPS) is 11.2. The summed E-state index contributed by atoms with van der Waals surface area (Å²) in [5.74, 6) is -0.587. The van der Waals surface area contributed by atoms with Crippen molar-refractivity contribution in [2.24, 2.45) is 0 Å². The van der Waals surface area contributed by atoms with Crippen LogP contribution in [0.5, 0.6) is 5.75 Å². The van der Waals surface area contributed by atoms with Crippen molar-refractivity contribution < 1.29 is 22.7 Å². The molecule has 0 aliphatic rings. The first kappa shape index (κ1) is 17.4. The molecular weight excluding hydrogens is 354 g/mol. The largest absolute Gasteiger partial charge is 0.482 e. The molecule has 0 atom stereocenters. The van der Waals surface area contributed by atoms with Crippen LogP contribution in [-0.2, 0) is 11.0 Å². The van der Waals surface area contributed by atoms with Gasteiger partial charge in [0.25, 0.3) is 5.91 Å². The van der Waals surface area contributed by atoms with Crippen LogP contribution in [0, 0.1) is 0 Å². The molecule has 0 aliphatic carbocycles. The van der Waals surface area contributed by atoms with Crippen molar-refractivity contribution in [2.45, 2.75) is 6.18 Å². The second-order valence-electron chi connectivity index (χ2n) is 4.43. The van der Waals surface area contributed by atoms with E-state index in [1.165, 1.54) is 24.3 Å². The Balaban J connectivity index is 2.05. The summed E-state index contributed by atoms with van der Waals surface area (Å²) in [6.45, 7) is -0.508. The van der Waals surface area contributed by atoms with Crippen LogP contribution in [0.25, 0.3) is 0 Å². The molecular formula is C15H10Cl2F3NO2. The summed E-state index contributed by atoms with van der Waals surface area (Å²) in [7, 11) is 0. The van der Waals surface area contributed by atoms with Gasteiger partial charge >= 0.3 is 6.18 Å². The first-order valence-corrected chi connectivity index (χ1v) is 7.07. The third-order valence-corrected chi connectivity index (χ3v) is 3.58. The van der Waals surface area contributed by atoms with Crippen LogP contribution in [-0.4, -0.2) is 12.5 Å². The summed E-state index contributed by atoms with van der Waals surface area (Å²) in [5, 5.41) is 2.53. The number of carbonyl (C=O) groups excluding carboxylic acids is 1. The SMILES string of the molecule is O=C(COc1cccc(Cl)c1Cl)Nc1ccccc1C(F)(F)F. The fraction of sp³-hybridized carbons (Fsp3) is 0.133. The molecule has 1 N–H and O–H groups in total. The maximum atomic E-state index is 12.8. The molecule has 8 heteroatoms. The van der Waals surface area contributed by atoms with Crippen molar-refractivity contribution in [1.82, 2.24) is 0 Å². The molecule has 0 aromatic heterocycles. The monoisotopic (exact) mass is 363 g/mol. The molecule has 0 fully saturated rings. The minimum absolute atomic E-state index is 0.123. The van der Waals surface area contributed by atoms with Crippen LogP contribution in [0.3, 0.4) is 0 Å². The van der Waals surface area contributed by atoms with Gasteiger partial charge in [0.05, 0.1) is 16.3 Å². The van der Waals surface area contributed by atoms with Crippen LogP contribution in [0.2, 0.25) is 10.0 Å². The van der Waals surface area contributed by atoms with E-state index in [1.54, 1.807) is 6.07 Å². The Kier molecular flexibility index (Phi) is 5.38. The molecule has 0 aliphatic heterocycles. The second-order valence-corrected chi connectivity index (χ2v) is 5.22. The molecule has 0 spiro atoms. The molecule has 0 radical (unpaired) electrons. The van der Waals surface area contributed by atoms with Crippen molar-refractivity contribution in [3.63, 3.8) is 0 Å². The first-order chi connectivity index (χ1) is 10.8. The molecule has 0 saturated carbocycles. The fourth-order valence-electron chi connectivity index (χ4n) is 1.76. The predicted octanol–water partition coefficient (Wildman–Crippen LogP) is 5.03. The van der Waals surface area contributed by atoms with E-state index in [1.807, 2.05) is 0 Å². The number of hydrogen-bond donors (Lipinski definition) is 1. The highest BCUT2D eigenvalue weighted by Crippen LogP contribution is 2.34. The number of rotatable bonds is 4. The molecule has 23 heavy (non-hydrogen) atoms. The maximum absolute atomic E-state index is 12.8. The molecule has 0 bridgehead atoms. The Bertz CT molecular complexity index is 720. The number of hydrogen-bond acceptors (Lipinski definition) is 2. The number of para-hydroxylation sites is 1. The predicted molar refractivity (Wildman–Crippen MR) is 82.0 cm³/mol. The van der Waals surface area contributed by atoms with Crippen LogP contribution in [0.1, 0.15) is 5.56 Å². The lowest BCUT2D eigenvalue weighted by Crippen LogP contribution is -2.22. The van der Waals surface area contributed by atoms with Crippen molar-refractivity contribution >= 4 is 34.8 Å². The number of amides is 1. The van der Waals surface area contributed by atoms with Gasteiger partial charge in [-0.2, -0.15) is 13.2 Å². The van der Waals surface area contributed by atoms with Crippen LogP contribution in [0.4, 0.5) is 18.9 Å². The number of carbonyl (C=O) groups is 1. The van der Waals surface area contributed by atoms with E-state index >= 15 is 0 Å². The van der Waals surface area contributed by atoms with E-state index in [9.17, 15) is 18.0 Å². The number of halogens is 5. The molecule has 122 valence electrons. The molecule has 3 nitrogen and oxygen atoms in total. The zero-order valence-electron chi connectivity index (χ0n) is 11.5. The van der Waals surface area contributed by atoms with Gasteiger partial charge in [0, 0.05) is 0 Å². The zero-order chi connectivity index (χ0) is 17.0. The van der Waals surface area contributed by atoms with E-state index in [0.29, 0.717) is 0 Å². The van der Waals surface area contributed by atoms with Gasteiger partial charge in [-0.1, -0.05) is 41.4 Å². The summed E-state index contributed by atoms with van der Waals surface area (Å²) in [6, 6.07) is 9.26. The fourth-order valence-corrected chi connectivity index (χ4v) is 2.11. The zero-order valence-corrected chi connectivity index (χ0v) is 13.0. The number of anilines is 1. The van der Waals surface area contributed by atoms with Crippen molar-refractivity contribution in [1.29, 1.82) is 0 Å². The summed E-state index contributed by atoms with van der Waals surface area (Å²) in [4.78, 5) is 11.8. The highest BCUT2D eigenvalue weighted by atomic mass is 35.5. The minimum Gasteiger partial charge on any atom is -0.482 e. The number of alkyl halides is 3. The summed E-state index contributed by atoms with van der Waals surface area (Å²) < 4.78 is 43.7. The smallest absolute Gasteiger partial charge is 0.418 e. The third-order valence-electron chi connectivity index (χ3n) is 2.78. The summed E-state index contributed by atoms with van der Waals surface area (Å²) >= 11 is 11.7. The van der Waals surface area contributed by atoms with Gasteiger partial charge in [-0.15, -0.1) is 0 Å². The second kappa shape index (κ2) is 7.10. The highest BCUT2D eigenvalue weighted by molar-refractivity contribution is 6.42. The molecule has 1 amide bonds. The average molecular weight is 364 g/mol. The maximum Gasteiger partial charge on any atom is 0.418 e. The molecule has 2 rings (SSSR count). The van der Waals surface area contributed by atoms with Gasteiger partial charge in [-0.05, 0) is 24.3 Å². The number of ether oxygens (including phenoxy) is 1. The molecule has 2 aromatic rings. The van der Waals surface area contributed by atoms with E-state index in [0.717, 1.165) is 12.1 Å². The highest BCUT2D eigenvalue weighted by Gasteiger charge is 2.33. The van der Waals surface area contributed by atoms with Gasteiger partial charge in [-0.25, -0.2) is 0 Å². The molecule has 0 heterocycles. The van der Waals surface area contributed by atoms with Crippen LogP contribution < -0.4 is 10.1 Å². The van der Waals surface area contributed by atoms with Gasteiger partial charge in [0.2, 0.25) is 0 Å². The Morgan fingerprint density at radius 2 is 1.78 bits per heavy atom.